The average molecular weight is 233 g/mol. The van der Waals surface area contributed by atoms with E-state index in [1.165, 1.54) is 24.8 Å². The number of ether oxygens (including phenoxy) is 1. The van der Waals surface area contributed by atoms with Crippen LogP contribution in [0.25, 0.3) is 0 Å². The van der Waals surface area contributed by atoms with Gasteiger partial charge in [0.1, 0.15) is 0 Å². The first-order valence-electron chi connectivity index (χ1n) is 6.76. The van der Waals surface area contributed by atoms with Crippen molar-refractivity contribution in [2.75, 3.05) is 13.1 Å². The van der Waals surface area contributed by atoms with Gasteiger partial charge in [-0.3, -0.25) is 0 Å². The van der Waals surface area contributed by atoms with Crippen LogP contribution in [-0.4, -0.2) is 19.2 Å². The molecule has 2 nitrogen and oxygen atoms in total. The lowest BCUT2D eigenvalue weighted by Gasteiger charge is -2.19. The summed E-state index contributed by atoms with van der Waals surface area (Å²) in [5.41, 5.74) is 1.27. The number of hydrogen-bond donors (Lipinski definition) is 1. The average Bonchev–Trinajstić information content (AvgIpc) is 2.82. The molecular formula is C15H23NO. The summed E-state index contributed by atoms with van der Waals surface area (Å²) in [6.07, 6.45) is 4.30. The second-order valence-electron chi connectivity index (χ2n) is 4.90. The molecule has 0 radical (unpaired) electrons. The third-order valence-corrected chi connectivity index (χ3v) is 3.51. The Kier molecular flexibility index (Phi) is 5.02. The van der Waals surface area contributed by atoms with Gasteiger partial charge in [-0.25, -0.2) is 0 Å². The van der Waals surface area contributed by atoms with Crippen molar-refractivity contribution in [3.63, 3.8) is 0 Å². The van der Waals surface area contributed by atoms with Crippen LogP contribution in [0, 0.1) is 5.92 Å². The van der Waals surface area contributed by atoms with E-state index in [0.29, 0.717) is 12.0 Å². The summed E-state index contributed by atoms with van der Waals surface area (Å²) in [5.74, 6) is 0.707. The predicted molar refractivity (Wildman–Crippen MR) is 70.9 cm³/mol. The SMILES string of the molecule is CCCCC1CNCC1OCc1ccccc1. The lowest BCUT2D eigenvalue weighted by Crippen LogP contribution is -2.22. The topological polar surface area (TPSA) is 21.3 Å². The van der Waals surface area contributed by atoms with Crippen molar-refractivity contribution < 1.29 is 4.74 Å². The number of hydrogen-bond acceptors (Lipinski definition) is 2. The highest BCUT2D eigenvalue weighted by atomic mass is 16.5. The maximum Gasteiger partial charge on any atom is 0.0744 e. The zero-order chi connectivity index (χ0) is 11.9. The molecule has 2 unspecified atom stereocenters. The van der Waals surface area contributed by atoms with Crippen LogP contribution >= 0.6 is 0 Å². The van der Waals surface area contributed by atoms with E-state index in [2.05, 4.69) is 36.5 Å². The molecule has 1 fully saturated rings. The molecular weight excluding hydrogens is 210 g/mol. The first-order valence-corrected chi connectivity index (χ1v) is 6.76. The molecule has 1 saturated heterocycles. The van der Waals surface area contributed by atoms with Crippen molar-refractivity contribution in [1.29, 1.82) is 0 Å². The molecule has 0 amide bonds. The van der Waals surface area contributed by atoms with Crippen molar-refractivity contribution in [1.82, 2.24) is 5.32 Å². The lowest BCUT2D eigenvalue weighted by molar-refractivity contribution is 0.0232. The molecule has 1 aliphatic rings. The molecule has 2 heteroatoms. The van der Waals surface area contributed by atoms with Crippen LogP contribution in [0.15, 0.2) is 30.3 Å². The molecule has 0 saturated carbocycles. The Hall–Kier alpha value is -0.860. The third kappa shape index (κ3) is 3.83. The smallest absolute Gasteiger partial charge is 0.0744 e. The molecule has 1 heterocycles. The summed E-state index contributed by atoms with van der Waals surface area (Å²) in [5, 5.41) is 3.44. The molecule has 1 aliphatic heterocycles. The molecule has 1 aromatic rings. The maximum atomic E-state index is 6.04. The van der Waals surface area contributed by atoms with E-state index < -0.39 is 0 Å². The summed E-state index contributed by atoms with van der Waals surface area (Å²) in [6.45, 7) is 5.14. The van der Waals surface area contributed by atoms with Gasteiger partial charge in [-0.1, -0.05) is 50.1 Å². The van der Waals surface area contributed by atoms with Crippen LogP contribution in [-0.2, 0) is 11.3 Å². The Bertz CT molecular complexity index is 312. The molecule has 2 rings (SSSR count). The molecule has 0 aromatic heterocycles. The van der Waals surface area contributed by atoms with E-state index in [1.807, 2.05) is 6.07 Å². The highest BCUT2D eigenvalue weighted by molar-refractivity contribution is 5.13. The predicted octanol–water partition coefficient (Wildman–Crippen LogP) is 2.98. The Morgan fingerprint density at radius 2 is 2.06 bits per heavy atom. The zero-order valence-corrected chi connectivity index (χ0v) is 10.7. The molecule has 17 heavy (non-hydrogen) atoms. The van der Waals surface area contributed by atoms with Crippen LogP contribution in [0.2, 0.25) is 0 Å². The summed E-state index contributed by atoms with van der Waals surface area (Å²) in [6, 6.07) is 10.4. The van der Waals surface area contributed by atoms with Gasteiger partial charge in [0.25, 0.3) is 0 Å². The van der Waals surface area contributed by atoms with Crippen LogP contribution in [0.1, 0.15) is 31.7 Å². The van der Waals surface area contributed by atoms with E-state index >= 15 is 0 Å². The minimum absolute atomic E-state index is 0.404. The number of nitrogens with one attached hydrogen (secondary N) is 1. The normalized spacial score (nSPS) is 24.1. The minimum Gasteiger partial charge on any atom is -0.372 e. The Balaban J connectivity index is 1.78. The molecule has 0 aliphatic carbocycles. The standard InChI is InChI=1S/C15H23NO/c1-2-3-9-14-10-16-11-15(14)17-12-13-7-5-4-6-8-13/h4-8,14-16H,2-3,9-12H2,1H3. The highest BCUT2D eigenvalue weighted by Crippen LogP contribution is 2.20. The van der Waals surface area contributed by atoms with Gasteiger partial charge in [-0.15, -0.1) is 0 Å². The minimum atomic E-state index is 0.404. The van der Waals surface area contributed by atoms with Crippen molar-refractivity contribution >= 4 is 0 Å². The van der Waals surface area contributed by atoms with E-state index in [0.717, 1.165) is 19.7 Å². The number of rotatable bonds is 6. The van der Waals surface area contributed by atoms with Gasteiger partial charge in [0.2, 0.25) is 0 Å². The number of unbranched alkanes of at least 4 members (excludes halogenated alkanes) is 1. The van der Waals surface area contributed by atoms with Crippen LogP contribution < -0.4 is 5.32 Å². The molecule has 1 aromatic carbocycles. The van der Waals surface area contributed by atoms with Crippen LogP contribution in [0.4, 0.5) is 0 Å². The van der Waals surface area contributed by atoms with Gasteiger partial charge in [0, 0.05) is 13.1 Å². The van der Waals surface area contributed by atoms with Crippen molar-refractivity contribution in [3.05, 3.63) is 35.9 Å². The van der Waals surface area contributed by atoms with Crippen molar-refractivity contribution in [2.45, 2.75) is 38.9 Å². The first kappa shape index (κ1) is 12.6. The Morgan fingerprint density at radius 3 is 2.82 bits per heavy atom. The summed E-state index contributed by atoms with van der Waals surface area (Å²) in [4.78, 5) is 0. The molecule has 0 spiro atoms. The first-order chi connectivity index (χ1) is 8.40. The second kappa shape index (κ2) is 6.77. The lowest BCUT2D eigenvalue weighted by atomic mass is 9.99. The van der Waals surface area contributed by atoms with Crippen LogP contribution in [0.3, 0.4) is 0 Å². The fraction of sp³-hybridized carbons (Fsp3) is 0.600. The zero-order valence-electron chi connectivity index (χ0n) is 10.7. The van der Waals surface area contributed by atoms with Gasteiger partial charge < -0.3 is 10.1 Å². The van der Waals surface area contributed by atoms with Crippen molar-refractivity contribution in [2.24, 2.45) is 5.92 Å². The summed E-state index contributed by atoms with van der Waals surface area (Å²) in [7, 11) is 0. The number of benzene rings is 1. The second-order valence-corrected chi connectivity index (χ2v) is 4.90. The summed E-state index contributed by atoms with van der Waals surface area (Å²) < 4.78 is 6.04. The van der Waals surface area contributed by atoms with E-state index in [-0.39, 0.29) is 0 Å². The van der Waals surface area contributed by atoms with E-state index in [1.54, 1.807) is 0 Å². The van der Waals surface area contributed by atoms with E-state index in [4.69, 9.17) is 4.74 Å². The highest BCUT2D eigenvalue weighted by Gasteiger charge is 2.26. The van der Waals surface area contributed by atoms with Gasteiger partial charge in [0.05, 0.1) is 12.7 Å². The molecule has 2 atom stereocenters. The molecule has 0 bridgehead atoms. The largest absolute Gasteiger partial charge is 0.372 e. The van der Waals surface area contributed by atoms with Gasteiger partial charge in [0.15, 0.2) is 0 Å². The Labute approximate surface area is 104 Å². The quantitative estimate of drug-likeness (QED) is 0.815. The van der Waals surface area contributed by atoms with Crippen molar-refractivity contribution in [3.8, 4) is 0 Å². The monoisotopic (exact) mass is 233 g/mol. The fourth-order valence-electron chi connectivity index (χ4n) is 2.44. The van der Waals surface area contributed by atoms with Gasteiger partial charge >= 0.3 is 0 Å². The van der Waals surface area contributed by atoms with Gasteiger partial charge in [-0.05, 0) is 17.9 Å². The maximum absolute atomic E-state index is 6.04. The van der Waals surface area contributed by atoms with E-state index in [9.17, 15) is 0 Å². The molecule has 1 N–H and O–H groups in total. The third-order valence-electron chi connectivity index (χ3n) is 3.51. The Morgan fingerprint density at radius 1 is 1.24 bits per heavy atom. The van der Waals surface area contributed by atoms with Gasteiger partial charge in [-0.2, -0.15) is 0 Å². The molecule has 94 valence electrons. The fourth-order valence-corrected chi connectivity index (χ4v) is 2.44. The van der Waals surface area contributed by atoms with Crippen LogP contribution in [0.5, 0.6) is 0 Å². The summed E-state index contributed by atoms with van der Waals surface area (Å²) >= 11 is 0.